The molecule has 0 saturated heterocycles. The minimum absolute atomic E-state index is 0.119. The Balaban J connectivity index is 2.59. The SMILES string of the molecule is CC(C)[C@H](SC1=NCCS1)C(=O)NC(N)=O. The lowest BCUT2D eigenvalue weighted by Crippen LogP contribution is -2.42. The third-order valence-corrected chi connectivity index (χ3v) is 4.64. The fourth-order valence-corrected chi connectivity index (χ4v) is 3.37. The number of primary amides is 1. The van der Waals surface area contributed by atoms with Crippen molar-refractivity contribution >= 4 is 39.8 Å². The van der Waals surface area contributed by atoms with Gasteiger partial charge in [-0.05, 0) is 5.92 Å². The summed E-state index contributed by atoms with van der Waals surface area (Å²) in [6.45, 7) is 4.66. The summed E-state index contributed by atoms with van der Waals surface area (Å²) in [4.78, 5) is 26.6. The summed E-state index contributed by atoms with van der Waals surface area (Å²) in [6, 6.07) is -0.808. The second-order valence-electron chi connectivity index (χ2n) is 3.63. The molecule has 1 atom stereocenters. The summed E-state index contributed by atoms with van der Waals surface area (Å²) in [7, 11) is 0. The van der Waals surface area contributed by atoms with Gasteiger partial charge in [-0.3, -0.25) is 15.1 Å². The van der Waals surface area contributed by atoms with E-state index in [0.717, 1.165) is 16.7 Å². The van der Waals surface area contributed by atoms with Crippen LogP contribution in [0.25, 0.3) is 0 Å². The van der Waals surface area contributed by atoms with E-state index in [9.17, 15) is 9.59 Å². The molecule has 1 aliphatic rings. The zero-order valence-electron chi connectivity index (χ0n) is 9.23. The molecule has 0 aromatic rings. The molecule has 0 saturated carbocycles. The van der Waals surface area contributed by atoms with Crippen LogP contribution in [-0.4, -0.2) is 33.9 Å². The molecule has 3 N–H and O–H groups in total. The number of hydrogen-bond acceptors (Lipinski definition) is 5. The zero-order valence-corrected chi connectivity index (χ0v) is 10.9. The highest BCUT2D eigenvalue weighted by molar-refractivity contribution is 8.39. The molecule has 1 rings (SSSR count). The van der Waals surface area contributed by atoms with Crippen molar-refractivity contribution < 1.29 is 9.59 Å². The van der Waals surface area contributed by atoms with Crippen LogP contribution in [0.4, 0.5) is 4.79 Å². The van der Waals surface area contributed by atoms with Crippen LogP contribution in [0.3, 0.4) is 0 Å². The summed E-state index contributed by atoms with van der Waals surface area (Å²) in [5.74, 6) is 0.737. The van der Waals surface area contributed by atoms with Crippen molar-refractivity contribution in [3.63, 3.8) is 0 Å². The van der Waals surface area contributed by atoms with Crippen LogP contribution in [0.2, 0.25) is 0 Å². The van der Waals surface area contributed by atoms with Crippen LogP contribution in [0, 0.1) is 5.92 Å². The van der Waals surface area contributed by atoms with Gasteiger partial charge in [-0.15, -0.1) is 0 Å². The standard InChI is InChI=1S/C9H15N3O2S2/c1-5(2)6(7(13)12-8(10)14)16-9-11-3-4-15-9/h5-6H,3-4H2,1-2H3,(H3,10,12,13,14)/t6-/m0/s1. The van der Waals surface area contributed by atoms with E-state index in [1.54, 1.807) is 11.8 Å². The highest BCUT2D eigenvalue weighted by Crippen LogP contribution is 2.29. The van der Waals surface area contributed by atoms with Gasteiger partial charge in [0.1, 0.15) is 4.38 Å². The number of rotatable bonds is 3. The molecule has 1 heterocycles. The highest BCUT2D eigenvalue weighted by atomic mass is 32.2. The molecule has 0 fully saturated rings. The maximum Gasteiger partial charge on any atom is 0.318 e. The van der Waals surface area contributed by atoms with Crippen LogP contribution in [-0.2, 0) is 4.79 Å². The van der Waals surface area contributed by atoms with Crippen LogP contribution in [0.1, 0.15) is 13.8 Å². The number of carbonyl (C=O) groups is 2. The number of thioether (sulfide) groups is 2. The third kappa shape index (κ3) is 4.05. The van der Waals surface area contributed by atoms with Gasteiger partial charge in [-0.2, -0.15) is 0 Å². The van der Waals surface area contributed by atoms with E-state index < -0.39 is 6.03 Å². The summed E-state index contributed by atoms with van der Waals surface area (Å²) < 4.78 is 0.915. The highest BCUT2D eigenvalue weighted by Gasteiger charge is 2.26. The van der Waals surface area contributed by atoms with Crippen molar-refractivity contribution in [2.24, 2.45) is 16.6 Å². The Morgan fingerprint density at radius 2 is 2.25 bits per heavy atom. The Bertz CT molecular complexity index is 318. The van der Waals surface area contributed by atoms with Crippen molar-refractivity contribution in [2.45, 2.75) is 19.1 Å². The minimum Gasteiger partial charge on any atom is -0.351 e. The molecule has 0 unspecified atom stereocenters. The first kappa shape index (κ1) is 13.4. The van der Waals surface area contributed by atoms with E-state index in [-0.39, 0.29) is 17.1 Å². The van der Waals surface area contributed by atoms with Gasteiger partial charge in [0.25, 0.3) is 0 Å². The lowest BCUT2D eigenvalue weighted by molar-refractivity contribution is -0.120. The molecule has 16 heavy (non-hydrogen) atoms. The molecule has 0 aromatic heterocycles. The predicted molar refractivity (Wildman–Crippen MR) is 68.7 cm³/mol. The molecule has 3 amide bonds. The quantitative estimate of drug-likeness (QED) is 0.795. The van der Waals surface area contributed by atoms with Gasteiger partial charge in [0.15, 0.2) is 0 Å². The van der Waals surface area contributed by atoms with Gasteiger partial charge in [-0.25, -0.2) is 4.79 Å². The topological polar surface area (TPSA) is 84.6 Å². The number of nitrogens with two attached hydrogens (primary N) is 1. The van der Waals surface area contributed by atoms with E-state index in [2.05, 4.69) is 10.3 Å². The number of urea groups is 1. The molecule has 0 radical (unpaired) electrons. The normalized spacial score (nSPS) is 17.1. The van der Waals surface area contributed by atoms with E-state index in [1.807, 2.05) is 13.8 Å². The van der Waals surface area contributed by atoms with E-state index in [1.165, 1.54) is 11.8 Å². The molecule has 0 aliphatic carbocycles. The first-order valence-corrected chi connectivity index (χ1v) is 6.81. The van der Waals surface area contributed by atoms with Crippen LogP contribution in [0.15, 0.2) is 4.99 Å². The second-order valence-corrected chi connectivity index (χ2v) is 6.10. The molecule has 0 aromatic carbocycles. The molecular formula is C9H15N3O2S2. The minimum atomic E-state index is -0.808. The third-order valence-electron chi connectivity index (χ3n) is 1.90. The Kier molecular flexibility index (Phi) is 5.14. The molecular weight excluding hydrogens is 246 g/mol. The average molecular weight is 261 g/mol. The average Bonchev–Trinajstić information content (AvgIpc) is 2.64. The number of nitrogens with one attached hydrogen (secondary N) is 1. The van der Waals surface area contributed by atoms with Gasteiger partial charge in [0, 0.05) is 5.75 Å². The van der Waals surface area contributed by atoms with Crippen molar-refractivity contribution in [3.8, 4) is 0 Å². The van der Waals surface area contributed by atoms with Gasteiger partial charge in [0.2, 0.25) is 5.91 Å². The number of amides is 3. The summed E-state index contributed by atoms with van der Waals surface area (Å²) in [5.41, 5.74) is 4.92. The number of hydrogen-bond donors (Lipinski definition) is 2. The first-order valence-electron chi connectivity index (χ1n) is 4.95. The molecule has 90 valence electrons. The molecule has 1 aliphatic heterocycles. The summed E-state index contributed by atoms with van der Waals surface area (Å²) in [6.07, 6.45) is 0. The van der Waals surface area contributed by atoms with E-state index >= 15 is 0 Å². The van der Waals surface area contributed by atoms with E-state index in [0.29, 0.717) is 0 Å². The largest absolute Gasteiger partial charge is 0.351 e. The maximum atomic E-state index is 11.7. The van der Waals surface area contributed by atoms with Crippen molar-refractivity contribution in [2.75, 3.05) is 12.3 Å². The second kappa shape index (κ2) is 6.15. The van der Waals surface area contributed by atoms with Crippen LogP contribution in [0.5, 0.6) is 0 Å². The van der Waals surface area contributed by atoms with E-state index in [4.69, 9.17) is 5.73 Å². The lowest BCUT2D eigenvalue weighted by atomic mass is 10.1. The smallest absolute Gasteiger partial charge is 0.318 e. The first-order chi connectivity index (χ1) is 7.50. The Morgan fingerprint density at radius 3 is 2.69 bits per heavy atom. The molecule has 0 bridgehead atoms. The van der Waals surface area contributed by atoms with Crippen molar-refractivity contribution in [1.29, 1.82) is 0 Å². The Morgan fingerprint density at radius 1 is 1.56 bits per heavy atom. The zero-order chi connectivity index (χ0) is 12.1. The number of carbonyl (C=O) groups excluding carboxylic acids is 2. The van der Waals surface area contributed by atoms with Gasteiger partial charge >= 0.3 is 6.03 Å². The van der Waals surface area contributed by atoms with Gasteiger partial charge in [-0.1, -0.05) is 37.4 Å². The fraction of sp³-hybridized carbons (Fsp3) is 0.667. The van der Waals surface area contributed by atoms with Gasteiger partial charge in [0.05, 0.1) is 11.8 Å². The lowest BCUT2D eigenvalue weighted by Gasteiger charge is -2.18. The Labute approximate surface area is 103 Å². The summed E-state index contributed by atoms with van der Waals surface area (Å²) >= 11 is 3.04. The van der Waals surface area contributed by atoms with Crippen molar-refractivity contribution in [1.82, 2.24) is 5.32 Å². The maximum absolute atomic E-state index is 11.7. The molecule has 7 heteroatoms. The number of aliphatic imine (C=N–C) groups is 1. The predicted octanol–water partition coefficient (Wildman–Crippen LogP) is 1.04. The van der Waals surface area contributed by atoms with Crippen LogP contribution >= 0.6 is 23.5 Å². The monoisotopic (exact) mass is 261 g/mol. The number of imide groups is 1. The molecule has 5 nitrogen and oxygen atoms in total. The van der Waals surface area contributed by atoms with Crippen LogP contribution < -0.4 is 11.1 Å². The Hall–Kier alpha value is -0.690. The number of nitrogens with zero attached hydrogens (tertiary/aromatic N) is 1. The van der Waals surface area contributed by atoms with Crippen molar-refractivity contribution in [3.05, 3.63) is 0 Å². The summed E-state index contributed by atoms with van der Waals surface area (Å²) in [5, 5.41) is 1.79. The molecule has 0 spiro atoms. The van der Waals surface area contributed by atoms with Gasteiger partial charge < -0.3 is 5.73 Å². The fourth-order valence-electron chi connectivity index (χ4n) is 1.18.